The Bertz CT molecular complexity index is 547. The normalized spacial score (nSPS) is 21.8. The van der Waals surface area contributed by atoms with Crippen molar-refractivity contribution in [3.63, 3.8) is 0 Å². The number of carbonyl (C=O) groups excluding carboxylic acids is 1. The van der Waals surface area contributed by atoms with Gasteiger partial charge in [-0.15, -0.1) is 0 Å². The van der Waals surface area contributed by atoms with Crippen LogP contribution in [0.25, 0.3) is 0 Å². The van der Waals surface area contributed by atoms with Gasteiger partial charge in [-0.3, -0.25) is 9.69 Å². The van der Waals surface area contributed by atoms with Crippen LogP contribution >= 0.6 is 0 Å². The van der Waals surface area contributed by atoms with Crippen LogP contribution in [0, 0.1) is 17.5 Å². The van der Waals surface area contributed by atoms with Gasteiger partial charge in [0.2, 0.25) is 5.91 Å². The number of nitrogens with zero attached hydrogens (tertiary/aromatic N) is 1. The van der Waals surface area contributed by atoms with Gasteiger partial charge in [0.1, 0.15) is 23.0 Å². The summed E-state index contributed by atoms with van der Waals surface area (Å²) < 4.78 is 40.6. The minimum absolute atomic E-state index is 0.00856. The van der Waals surface area contributed by atoms with E-state index in [9.17, 15) is 18.0 Å². The van der Waals surface area contributed by atoms with Crippen LogP contribution in [0.3, 0.4) is 0 Å². The highest BCUT2D eigenvalue weighted by atomic mass is 19.1. The first-order valence-corrected chi connectivity index (χ1v) is 7.20. The number of piperazine rings is 1. The summed E-state index contributed by atoms with van der Waals surface area (Å²) in [7, 11) is 0. The summed E-state index contributed by atoms with van der Waals surface area (Å²) in [6.45, 7) is 0.998. The number of hydrogen-bond donors (Lipinski definition) is 1. The van der Waals surface area contributed by atoms with E-state index in [0.29, 0.717) is 38.1 Å². The monoisotopic (exact) mass is 298 g/mol. The molecule has 114 valence electrons. The van der Waals surface area contributed by atoms with Crippen LogP contribution < -0.4 is 5.32 Å². The van der Waals surface area contributed by atoms with E-state index in [1.54, 1.807) is 0 Å². The molecule has 6 heteroatoms. The molecule has 1 amide bonds. The number of benzene rings is 1. The van der Waals surface area contributed by atoms with Crippen molar-refractivity contribution in [2.24, 2.45) is 0 Å². The summed E-state index contributed by atoms with van der Waals surface area (Å²) in [5, 5.41) is 2.84. The second-order valence-corrected chi connectivity index (χ2v) is 5.76. The molecule has 1 aromatic rings. The fraction of sp³-hybridized carbons (Fsp3) is 0.533. The number of hydrogen-bond acceptors (Lipinski definition) is 2. The highest BCUT2D eigenvalue weighted by molar-refractivity contribution is 5.87. The molecule has 3 rings (SSSR count). The fourth-order valence-electron chi connectivity index (χ4n) is 3.47. The average molecular weight is 298 g/mol. The Hall–Kier alpha value is -1.56. The molecule has 0 aromatic heterocycles. The lowest BCUT2D eigenvalue weighted by Gasteiger charge is -2.43. The zero-order valence-corrected chi connectivity index (χ0v) is 11.6. The van der Waals surface area contributed by atoms with Crippen molar-refractivity contribution in [1.82, 2.24) is 10.2 Å². The first-order chi connectivity index (χ1) is 10.0. The van der Waals surface area contributed by atoms with Crippen LogP contribution in [0.4, 0.5) is 13.2 Å². The third kappa shape index (κ3) is 2.41. The number of carbonyl (C=O) groups is 1. The van der Waals surface area contributed by atoms with Crippen LogP contribution in [0.1, 0.15) is 31.2 Å². The smallest absolute Gasteiger partial charge is 0.240 e. The number of rotatable bonds is 2. The van der Waals surface area contributed by atoms with Gasteiger partial charge in [-0.2, -0.15) is 0 Å². The summed E-state index contributed by atoms with van der Waals surface area (Å²) in [4.78, 5) is 14.1. The molecule has 0 bridgehead atoms. The molecule has 0 unspecified atom stereocenters. The number of nitrogens with one attached hydrogen (secondary N) is 1. The quantitative estimate of drug-likeness (QED) is 0.909. The molecule has 2 aliphatic rings. The van der Waals surface area contributed by atoms with E-state index in [-0.39, 0.29) is 18.0 Å². The standard InChI is InChI=1S/C15H17F3N2O/c16-10-7-12(17)11(13(18)8-10)9-20-6-5-19-14(21)15(20)3-1-2-4-15/h7-8H,1-6,9H2,(H,19,21). The van der Waals surface area contributed by atoms with Gasteiger partial charge in [-0.05, 0) is 12.8 Å². The van der Waals surface area contributed by atoms with Crippen molar-refractivity contribution >= 4 is 5.91 Å². The van der Waals surface area contributed by atoms with Crippen molar-refractivity contribution in [3.8, 4) is 0 Å². The molecule has 21 heavy (non-hydrogen) atoms. The van der Waals surface area contributed by atoms with Crippen LogP contribution in [0.5, 0.6) is 0 Å². The molecule has 3 nitrogen and oxygen atoms in total. The van der Waals surface area contributed by atoms with Crippen molar-refractivity contribution in [2.45, 2.75) is 37.8 Å². The largest absolute Gasteiger partial charge is 0.353 e. The Morgan fingerprint density at radius 1 is 1.14 bits per heavy atom. The van der Waals surface area contributed by atoms with Crippen molar-refractivity contribution in [2.75, 3.05) is 13.1 Å². The third-order valence-electron chi connectivity index (χ3n) is 4.58. The van der Waals surface area contributed by atoms with Crippen molar-refractivity contribution in [3.05, 3.63) is 35.1 Å². The Labute approximate surface area is 121 Å². The minimum atomic E-state index is -0.930. The van der Waals surface area contributed by atoms with Crippen molar-refractivity contribution in [1.29, 1.82) is 0 Å². The topological polar surface area (TPSA) is 32.3 Å². The maximum atomic E-state index is 13.8. The van der Waals surface area contributed by atoms with Crippen LogP contribution in [-0.2, 0) is 11.3 Å². The van der Waals surface area contributed by atoms with E-state index in [4.69, 9.17) is 0 Å². The molecule has 1 saturated carbocycles. The Morgan fingerprint density at radius 3 is 2.38 bits per heavy atom. The van der Waals surface area contributed by atoms with Gasteiger partial charge in [-0.1, -0.05) is 12.8 Å². The van der Waals surface area contributed by atoms with Crippen LogP contribution in [0.15, 0.2) is 12.1 Å². The average Bonchev–Trinajstić information content (AvgIpc) is 2.89. The summed E-state index contributed by atoms with van der Waals surface area (Å²) in [6.07, 6.45) is 3.25. The zero-order valence-electron chi connectivity index (χ0n) is 11.6. The zero-order chi connectivity index (χ0) is 15.0. The molecule has 1 aliphatic carbocycles. The summed E-state index contributed by atoms with van der Waals surface area (Å²) in [6, 6.07) is 1.37. The van der Waals surface area contributed by atoms with Crippen LogP contribution in [-0.4, -0.2) is 29.4 Å². The molecule has 1 aliphatic heterocycles. The molecule has 1 aromatic carbocycles. The molecule has 2 fully saturated rings. The van der Waals surface area contributed by atoms with Gasteiger partial charge in [0.15, 0.2) is 0 Å². The van der Waals surface area contributed by atoms with E-state index in [0.717, 1.165) is 12.8 Å². The second kappa shape index (κ2) is 5.33. The lowest BCUT2D eigenvalue weighted by Crippen LogP contribution is -2.63. The van der Waals surface area contributed by atoms with Gasteiger partial charge in [0, 0.05) is 37.3 Å². The second-order valence-electron chi connectivity index (χ2n) is 5.76. The van der Waals surface area contributed by atoms with Gasteiger partial charge < -0.3 is 5.32 Å². The summed E-state index contributed by atoms with van der Waals surface area (Å²) in [5.74, 6) is -2.78. The minimum Gasteiger partial charge on any atom is -0.353 e. The Kier molecular flexibility index (Phi) is 3.65. The summed E-state index contributed by atoms with van der Waals surface area (Å²) >= 11 is 0. The van der Waals surface area contributed by atoms with Gasteiger partial charge in [0.25, 0.3) is 0 Å². The molecule has 0 atom stereocenters. The third-order valence-corrected chi connectivity index (χ3v) is 4.58. The van der Waals surface area contributed by atoms with E-state index in [1.165, 1.54) is 0 Å². The van der Waals surface area contributed by atoms with E-state index in [1.807, 2.05) is 4.90 Å². The first kappa shape index (κ1) is 14.4. The lowest BCUT2D eigenvalue weighted by atomic mass is 9.91. The fourth-order valence-corrected chi connectivity index (χ4v) is 3.47. The SMILES string of the molecule is O=C1NCCN(Cc2c(F)cc(F)cc2F)C12CCCC2. The highest BCUT2D eigenvalue weighted by Crippen LogP contribution is 2.38. The van der Waals surface area contributed by atoms with E-state index < -0.39 is 23.0 Å². The van der Waals surface area contributed by atoms with Gasteiger partial charge in [-0.25, -0.2) is 13.2 Å². The predicted molar refractivity (Wildman–Crippen MR) is 70.9 cm³/mol. The first-order valence-electron chi connectivity index (χ1n) is 7.20. The van der Waals surface area contributed by atoms with E-state index in [2.05, 4.69) is 5.32 Å². The predicted octanol–water partition coefficient (Wildman–Crippen LogP) is 2.35. The number of halogens is 3. The molecule has 1 spiro atoms. The summed E-state index contributed by atoms with van der Waals surface area (Å²) in [5.41, 5.74) is -0.830. The molecular weight excluding hydrogens is 281 g/mol. The molecule has 1 N–H and O–H groups in total. The molecule has 1 saturated heterocycles. The number of amides is 1. The lowest BCUT2D eigenvalue weighted by molar-refractivity contribution is -0.137. The molecular formula is C15H17F3N2O. The van der Waals surface area contributed by atoms with Crippen LogP contribution in [0.2, 0.25) is 0 Å². The Balaban J connectivity index is 1.91. The van der Waals surface area contributed by atoms with E-state index >= 15 is 0 Å². The maximum Gasteiger partial charge on any atom is 0.240 e. The Morgan fingerprint density at radius 2 is 1.76 bits per heavy atom. The van der Waals surface area contributed by atoms with Gasteiger partial charge >= 0.3 is 0 Å². The van der Waals surface area contributed by atoms with Gasteiger partial charge in [0.05, 0.1) is 0 Å². The maximum absolute atomic E-state index is 13.8. The molecule has 0 radical (unpaired) electrons. The molecule has 1 heterocycles. The highest BCUT2D eigenvalue weighted by Gasteiger charge is 2.48. The van der Waals surface area contributed by atoms with Crippen molar-refractivity contribution < 1.29 is 18.0 Å².